The fourth-order valence-electron chi connectivity index (χ4n) is 1.70. The van der Waals surface area contributed by atoms with Gasteiger partial charge in [-0.05, 0) is 25.5 Å². The van der Waals surface area contributed by atoms with E-state index in [4.69, 9.17) is 10.5 Å². The minimum atomic E-state index is -0.165. The number of nitrogens with two attached hydrogens (primary N) is 1. The van der Waals surface area contributed by atoms with E-state index >= 15 is 0 Å². The molecule has 7 heteroatoms. The summed E-state index contributed by atoms with van der Waals surface area (Å²) in [5.74, 6) is 0.681. The maximum absolute atomic E-state index is 11.8. The number of halogens is 1. The van der Waals surface area contributed by atoms with Crippen molar-refractivity contribution in [1.29, 1.82) is 0 Å². The fraction of sp³-hybridized carbons (Fsp3) is 0.333. The van der Waals surface area contributed by atoms with Gasteiger partial charge in [0.2, 0.25) is 0 Å². The first-order chi connectivity index (χ1) is 10.2. The number of ether oxygens (including phenoxy) is 1. The molecule has 0 fully saturated rings. The summed E-state index contributed by atoms with van der Waals surface area (Å²) in [5.41, 5.74) is 7.10. The number of aryl methyl sites for hydroxylation is 1. The van der Waals surface area contributed by atoms with E-state index in [0.29, 0.717) is 25.4 Å². The zero-order valence-corrected chi connectivity index (χ0v) is 14.0. The van der Waals surface area contributed by atoms with Crippen molar-refractivity contribution in [2.75, 3.05) is 13.2 Å². The van der Waals surface area contributed by atoms with Gasteiger partial charge in [0, 0.05) is 18.5 Å². The van der Waals surface area contributed by atoms with E-state index in [9.17, 15) is 4.79 Å². The van der Waals surface area contributed by atoms with Gasteiger partial charge in [-0.2, -0.15) is 0 Å². The molecule has 0 saturated carbocycles. The second kappa shape index (κ2) is 9.40. The molecule has 22 heavy (non-hydrogen) atoms. The number of benzene rings is 1. The van der Waals surface area contributed by atoms with E-state index in [-0.39, 0.29) is 18.3 Å². The molecular weight excluding hydrogens is 322 g/mol. The number of hydrogen-bond donors (Lipinski definition) is 2. The number of aromatic nitrogens is 1. The average molecular weight is 342 g/mol. The maximum atomic E-state index is 11.8. The van der Waals surface area contributed by atoms with E-state index < -0.39 is 0 Å². The van der Waals surface area contributed by atoms with Crippen LogP contribution in [0.15, 0.2) is 29.6 Å². The van der Waals surface area contributed by atoms with Crippen LogP contribution in [0.25, 0.3) is 0 Å². The summed E-state index contributed by atoms with van der Waals surface area (Å²) in [7, 11) is 0. The molecule has 0 atom stereocenters. The van der Waals surface area contributed by atoms with E-state index in [1.807, 2.05) is 31.2 Å². The Bertz CT molecular complexity index is 587. The van der Waals surface area contributed by atoms with Crippen molar-refractivity contribution in [3.05, 3.63) is 45.9 Å². The largest absolute Gasteiger partial charge is 0.494 e. The number of nitrogens with one attached hydrogen (secondary N) is 1. The Morgan fingerprint density at radius 2 is 2.09 bits per heavy atom. The molecule has 0 aliphatic heterocycles. The fourth-order valence-corrected chi connectivity index (χ4v) is 2.35. The zero-order chi connectivity index (χ0) is 15.1. The lowest BCUT2D eigenvalue weighted by atomic mass is 10.2. The molecule has 1 amide bonds. The number of nitrogens with zero attached hydrogens (tertiary/aromatic N) is 1. The zero-order valence-electron chi connectivity index (χ0n) is 12.4. The van der Waals surface area contributed by atoms with Crippen molar-refractivity contribution >= 4 is 29.7 Å². The lowest BCUT2D eigenvalue weighted by Crippen LogP contribution is -2.25. The molecule has 2 rings (SSSR count). The second-order valence-corrected chi connectivity index (χ2v) is 5.54. The SMILES string of the molecule is Cc1ccc(OCCCNC(=O)c2csc(CN)n2)cc1.Cl. The molecule has 0 saturated heterocycles. The third kappa shape index (κ3) is 5.63. The highest BCUT2D eigenvalue weighted by Crippen LogP contribution is 2.11. The van der Waals surface area contributed by atoms with Crippen LogP contribution in [0.1, 0.15) is 27.5 Å². The quantitative estimate of drug-likeness (QED) is 0.759. The average Bonchev–Trinajstić information content (AvgIpc) is 2.98. The number of thiazole rings is 1. The summed E-state index contributed by atoms with van der Waals surface area (Å²) in [5, 5.41) is 5.31. The van der Waals surface area contributed by atoms with Gasteiger partial charge in [-0.1, -0.05) is 17.7 Å². The first kappa shape index (κ1) is 18.4. The highest BCUT2D eigenvalue weighted by Gasteiger charge is 2.09. The van der Waals surface area contributed by atoms with Crippen molar-refractivity contribution in [3.8, 4) is 5.75 Å². The molecule has 3 N–H and O–H groups in total. The minimum absolute atomic E-state index is 0. The van der Waals surface area contributed by atoms with Gasteiger partial charge in [0.1, 0.15) is 16.5 Å². The van der Waals surface area contributed by atoms with Crippen molar-refractivity contribution < 1.29 is 9.53 Å². The molecule has 0 radical (unpaired) electrons. The first-order valence-corrected chi connectivity index (χ1v) is 7.69. The van der Waals surface area contributed by atoms with Crippen LogP contribution in [0.3, 0.4) is 0 Å². The summed E-state index contributed by atoms with van der Waals surface area (Å²) in [6.07, 6.45) is 0.744. The summed E-state index contributed by atoms with van der Waals surface area (Å²) in [6, 6.07) is 7.90. The van der Waals surface area contributed by atoms with E-state index in [0.717, 1.165) is 17.2 Å². The van der Waals surface area contributed by atoms with Gasteiger partial charge in [0.15, 0.2) is 0 Å². The van der Waals surface area contributed by atoms with Gasteiger partial charge in [-0.15, -0.1) is 23.7 Å². The van der Waals surface area contributed by atoms with Gasteiger partial charge in [-0.3, -0.25) is 4.79 Å². The molecule has 0 spiro atoms. The standard InChI is InChI=1S/C15H19N3O2S.ClH/c1-11-3-5-12(6-4-11)20-8-2-7-17-15(19)13-10-21-14(9-16)18-13;/h3-6,10H,2,7-9,16H2,1H3,(H,17,19);1H. The van der Waals surface area contributed by atoms with Gasteiger partial charge in [-0.25, -0.2) is 4.98 Å². The molecule has 0 unspecified atom stereocenters. The summed E-state index contributed by atoms with van der Waals surface area (Å²) < 4.78 is 5.59. The van der Waals surface area contributed by atoms with Crippen LogP contribution in [0, 0.1) is 6.92 Å². The van der Waals surface area contributed by atoms with Crippen LogP contribution in [0.4, 0.5) is 0 Å². The van der Waals surface area contributed by atoms with E-state index in [2.05, 4.69) is 10.3 Å². The van der Waals surface area contributed by atoms with Gasteiger partial charge in [0.25, 0.3) is 5.91 Å². The van der Waals surface area contributed by atoms with Crippen LogP contribution in [-0.4, -0.2) is 24.0 Å². The first-order valence-electron chi connectivity index (χ1n) is 6.81. The maximum Gasteiger partial charge on any atom is 0.270 e. The predicted octanol–water partition coefficient (Wildman–Crippen LogP) is 2.53. The smallest absolute Gasteiger partial charge is 0.270 e. The molecule has 1 aromatic carbocycles. The molecule has 1 aromatic heterocycles. The Hall–Kier alpha value is -1.63. The van der Waals surface area contributed by atoms with Crippen molar-refractivity contribution in [2.45, 2.75) is 19.9 Å². The number of rotatable bonds is 7. The lowest BCUT2D eigenvalue weighted by Gasteiger charge is -2.07. The van der Waals surface area contributed by atoms with Crippen LogP contribution in [0.5, 0.6) is 5.75 Å². The number of hydrogen-bond acceptors (Lipinski definition) is 5. The minimum Gasteiger partial charge on any atom is -0.494 e. The van der Waals surface area contributed by atoms with Crippen LogP contribution in [0.2, 0.25) is 0 Å². The van der Waals surface area contributed by atoms with E-state index in [1.54, 1.807) is 5.38 Å². The molecule has 120 valence electrons. The Balaban J connectivity index is 0.00000242. The van der Waals surface area contributed by atoms with Crippen molar-refractivity contribution in [2.24, 2.45) is 5.73 Å². The van der Waals surface area contributed by atoms with Crippen molar-refractivity contribution in [1.82, 2.24) is 10.3 Å². The molecule has 1 heterocycles. The topological polar surface area (TPSA) is 77.2 Å². The normalized spacial score (nSPS) is 9.91. The molecule has 0 aliphatic rings. The number of carbonyl (C=O) groups is 1. The molecule has 0 bridgehead atoms. The lowest BCUT2D eigenvalue weighted by molar-refractivity contribution is 0.0947. The van der Waals surface area contributed by atoms with Gasteiger partial charge < -0.3 is 15.8 Å². The Morgan fingerprint density at radius 3 is 2.73 bits per heavy atom. The monoisotopic (exact) mass is 341 g/mol. The van der Waals surface area contributed by atoms with Gasteiger partial charge in [0.05, 0.1) is 6.61 Å². The van der Waals surface area contributed by atoms with Crippen LogP contribution in [-0.2, 0) is 6.54 Å². The Labute approximate surface area is 140 Å². The molecule has 2 aromatic rings. The summed E-state index contributed by atoms with van der Waals surface area (Å²) in [4.78, 5) is 15.9. The highest BCUT2D eigenvalue weighted by molar-refractivity contribution is 7.09. The predicted molar refractivity (Wildman–Crippen MR) is 90.9 cm³/mol. The Kier molecular flexibility index (Phi) is 7.87. The third-order valence-corrected chi connectivity index (χ3v) is 3.73. The second-order valence-electron chi connectivity index (χ2n) is 4.60. The molecule has 0 aliphatic carbocycles. The van der Waals surface area contributed by atoms with Crippen molar-refractivity contribution in [3.63, 3.8) is 0 Å². The third-order valence-electron chi connectivity index (χ3n) is 2.86. The van der Waals surface area contributed by atoms with Crippen LogP contribution >= 0.6 is 23.7 Å². The molecular formula is C15H20ClN3O2S. The number of amides is 1. The Morgan fingerprint density at radius 1 is 1.36 bits per heavy atom. The number of carbonyl (C=O) groups excluding carboxylic acids is 1. The van der Waals surface area contributed by atoms with Crippen LogP contribution < -0.4 is 15.8 Å². The summed E-state index contributed by atoms with van der Waals surface area (Å²) in [6.45, 7) is 3.52. The van der Waals surface area contributed by atoms with E-state index in [1.165, 1.54) is 16.9 Å². The van der Waals surface area contributed by atoms with Gasteiger partial charge >= 0.3 is 0 Å². The molecule has 5 nitrogen and oxygen atoms in total. The summed E-state index contributed by atoms with van der Waals surface area (Å²) >= 11 is 1.40. The highest BCUT2D eigenvalue weighted by atomic mass is 35.5.